The average molecular weight is 287 g/mol. The van der Waals surface area contributed by atoms with E-state index in [0.717, 1.165) is 13.0 Å². The van der Waals surface area contributed by atoms with Crippen molar-refractivity contribution in [2.24, 2.45) is 0 Å². The largest absolute Gasteiger partial charge is 0.726 e. The van der Waals surface area contributed by atoms with Gasteiger partial charge in [-0.25, -0.2) is 8.42 Å². The van der Waals surface area contributed by atoms with Crippen molar-refractivity contribution in [1.29, 1.82) is 0 Å². The third-order valence-electron chi connectivity index (χ3n) is 1.97. The van der Waals surface area contributed by atoms with E-state index in [2.05, 4.69) is 11.1 Å². The van der Waals surface area contributed by atoms with E-state index in [9.17, 15) is 13.0 Å². The Kier molecular flexibility index (Phi) is 14.7. The maximum Gasteiger partial charge on any atom is 0.217 e. The van der Waals surface area contributed by atoms with Crippen LogP contribution in [0.4, 0.5) is 0 Å². The molecule has 0 bridgehead atoms. The standard InChI is InChI=1S/C10H22O6S.H3N/c1-2-3-4-5-6-14-7-8-15-9-10-16-17(11,12)13;/h2-10H2,1H3,(H,11,12,13);1H3. The number of hydrogen-bond acceptors (Lipinski definition) is 6. The van der Waals surface area contributed by atoms with Crippen LogP contribution in [0.25, 0.3) is 0 Å². The average Bonchev–Trinajstić information content (AvgIpc) is 2.24. The highest BCUT2D eigenvalue weighted by Gasteiger charge is 1.95. The SMILES string of the molecule is CCCCCCOCCOCCOS(=O)(=O)[O-].[NH4+]. The van der Waals surface area contributed by atoms with Gasteiger partial charge < -0.3 is 20.2 Å². The van der Waals surface area contributed by atoms with E-state index in [0.29, 0.717) is 13.2 Å². The Morgan fingerprint density at radius 2 is 1.44 bits per heavy atom. The van der Waals surface area contributed by atoms with Gasteiger partial charge in [0, 0.05) is 6.61 Å². The molecule has 0 fully saturated rings. The Hall–Kier alpha value is -0.250. The van der Waals surface area contributed by atoms with Gasteiger partial charge in [-0.15, -0.1) is 0 Å². The number of hydrogen-bond donors (Lipinski definition) is 1. The lowest BCUT2D eigenvalue weighted by atomic mass is 10.2. The first-order valence-corrected chi connectivity index (χ1v) is 7.15. The Morgan fingerprint density at radius 3 is 2.00 bits per heavy atom. The monoisotopic (exact) mass is 287 g/mol. The molecule has 7 nitrogen and oxygen atoms in total. The first-order chi connectivity index (χ1) is 8.06. The molecule has 0 radical (unpaired) electrons. The van der Waals surface area contributed by atoms with Gasteiger partial charge in [0.2, 0.25) is 10.4 Å². The predicted octanol–water partition coefficient (Wildman–Crippen LogP) is 1.45. The molecule has 4 N–H and O–H groups in total. The normalized spacial score (nSPS) is 11.2. The summed E-state index contributed by atoms with van der Waals surface area (Å²) in [7, 11) is -4.60. The molecular formula is C10H25NO6S. The molecule has 0 atom stereocenters. The van der Waals surface area contributed by atoms with Crippen LogP contribution in [0.5, 0.6) is 0 Å². The van der Waals surface area contributed by atoms with E-state index >= 15 is 0 Å². The lowest BCUT2D eigenvalue weighted by Crippen LogP contribution is -2.12. The van der Waals surface area contributed by atoms with Gasteiger partial charge in [-0.2, -0.15) is 0 Å². The molecule has 8 heteroatoms. The molecule has 0 aromatic carbocycles. The van der Waals surface area contributed by atoms with Crippen molar-refractivity contribution in [3.63, 3.8) is 0 Å². The van der Waals surface area contributed by atoms with Gasteiger partial charge in [-0.3, -0.25) is 4.18 Å². The van der Waals surface area contributed by atoms with Crippen molar-refractivity contribution >= 4 is 10.4 Å². The molecule has 0 aliphatic rings. The number of quaternary nitrogens is 1. The summed E-state index contributed by atoms with van der Waals surface area (Å²) in [4.78, 5) is 0. The minimum Gasteiger partial charge on any atom is -0.726 e. The molecule has 0 rings (SSSR count). The van der Waals surface area contributed by atoms with E-state index in [-0.39, 0.29) is 19.4 Å². The Bertz CT molecular complexity index is 257. The summed E-state index contributed by atoms with van der Waals surface area (Å²) in [6.07, 6.45) is 4.64. The van der Waals surface area contributed by atoms with Crippen molar-refractivity contribution in [3.8, 4) is 0 Å². The molecule has 18 heavy (non-hydrogen) atoms. The van der Waals surface area contributed by atoms with Crippen molar-refractivity contribution in [3.05, 3.63) is 0 Å². The zero-order valence-corrected chi connectivity index (χ0v) is 12.0. The van der Waals surface area contributed by atoms with Gasteiger partial charge in [0.15, 0.2) is 0 Å². The maximum absolute atomic E-state index is 10.0. The van der Waals surface area contributed by atoms with Crippen molar-refractivity contribution in [1.82, 2.24) is 6.15 Å². The topological polar surface area (TPSA) is 121 Å². The summed E-state index contributed by atoms with van der Waals surface area (Å²) in [5, 5.41) is 0. The summed E-state index contributed by atoms with van der Waals surface area (Å²) in [6, 6.07) is 0. The van der Waals surface area contributed by atoms with E-state index in [1.54, 1.807) is 0 Å². The van der Waals surface area contributed by atoms with Crippen LogP contribution < -0.4 is 6.15 Å². The molecular weight excluding hydrogens is 262 g/mol. The maximum atomic E-state index is 10.0. The summed E-state index contributed by atoms with van der Waals surface area (Å²) in [5.41, 5.74) is 0. The summed E-state index contributed by atoms with van der Waals surface area (Å²) in [6.45, 7) is 3.53. The first kappa shape index (κ1) is 20.1. The van der Waals surface area contributed by atoms with Crippen LogP contribution in [0.15, 0.2) is 0 Å². The van der Waals surface area contributed by atoms with Crippen molar-refractivity contribution in [2.75, 3.05) is 33.0 Å². The fraction of sp³-hybridized carbons (Fsp3) is 1.00. The van der Waals surface area contributed by atoms with E-state index in [4.69, 9.17) is 9.47 Å². The second-order valence-corrected chi connectivity index (χ2v) is 4.57. The van der Waals surface area contributed by atoms with Crippen LogP contribution in [0, 0.1) is 0 Å². The zero-order valence-electron chi connectivity index (χ0n) is 11.2. The Balaban J connectivity index is 0. The van der Waals surface area contributed by atoms with Gasteiger partial charge in [0.05, 0.1) is 26.4 Å². The number of rotatable bonds is 12. The smallest absolute Gasteiger partial charge is 0.217 e. The zero-order chi connectivity index (χ0) is 13.0. The molecule has 0 aliphatic heterocycles. The Morgan fingerprint density at radius 1 is 0.889 bits per heavy atom. The Labute approximate surface area is 109 Å². The van der Waals surface area contributed by atoms with Crippen molar-refractivity contribution in [2.45, 2.75) is 32.6 Å². The summed E-state index contributed by atoms with van der Waals surface area (Å²) >= 11 is 0. The third-order valence-corrected chi connectivity index (χ3v) is 2.42. The van der Waals surface area contributed by atoms with Crippen LogP contribution >= 0.6 is 0 Å². The minimum absolute atomic E-state index is 0. The summed E-state index contributed by atoms with van der Waals surface area (Å²) in [5.74, 6) is 0. The van der Waals surface area contributed by atoms with E-state index < -0.39 is 10.4 Å². The van der Waals surface area contributed by atoms with E-state index in [1.165, 1.54) is 19.3 Å². The molecule has 0 aliphatic carbocycles. The number of unbranched alkanes of at least 4 members (excludes halogenated alkanes) is 3. The lowest BCUT2D eigenvalue weighted by molar-refractivity contribution is 0.0345. The first-order valence-electron chi connectivity index (χ1n) is 5.82. The molecule has 0 saturated carbocycles. The molecule has 0 saturated heterocycles. The van der Waals surface area contributed by atoms with E-state index in [1.807, 2.05) is 0 Å². The molecule has 112 valence electrons. The molecule has 0 aromatic rings. The second kappa shape index (κ2) is 13.2. The molecule has 0 amide bonds. The quantitative estimate of drug-likeness (QED) is 0.329. The highest BCUT2D eigenvalue weighted by atomic mass is 32.3. The van der Waals surface area contributed by atoms with Gasteiger partial charge >= 0.3 is 0 Å². The van der Waals surface area contributed by atoms with Crippen LogP contribution in [0.2, 0.25) is 0 Å². The van der Waals surface area contributed by atoms with Crippen LogP contribution in [0.3, 0.4) is 0 Å². The highest BCUT2D eigenvalue weighted by Crippen LogP contribution is 1.98. The lowest BCUT2D eigenvalue weighted by Gasteiger charge is -2.08. The minimum atomic E-state index is -4.60. The molecule has 0 spiro atoms. The van der Waals surface area contributed by atoms with Crippen molar-refractivity contribution < 1.29 is 26.6 Å². The summed E-state index contributed by atoms with van der Waals surface area (Å²) < 4.78 is 44.3. The fourth-order valence-electron chi connectivity index (χ4n) is 1.15. The fourth-order valence-corrected chi connectivity index (χ4v) is 1.42. The van der Waals surface area contributed by atoms with Gasteiger partial charge in [0.25, 0.3) is 0 Å². The number of ether oxygens (including phenoxy) is 2. The van der Waals surface area contributed by atoms with Crippen LogP contribution in [0.1, 0.15) is 32.6 Å². The highest BCUT2D eigenvalue weighted by molar-refractivity contribution is 7.80. The van der Waals surface area contributed by atoms with Crippen LogP contribution in [-0.2, 0) is 24.1 Å². The van der Waals surface area contributed by atoms with Gasteiger partial charge in [-0.05, 0) is 6.42 Å². The molecule has 0 heterocycles. The molecule has 0 aromatic heterocycles. The predicted molar refractivity (Wildman–Crippen MR) is 67.4 cm³/mol. The van der Waals surface area contributed by atoms with Gasteiger partial charge in [0.1, 0.15) is 0 Å². The van der Waals surface area contributed by atoms with Crippen LogP contribution in [-0.4, -0.2) is 46.0 Å². The molecule has 0 unspecified atom stereocenters. The third kappa shape index (κ3) is 18.1. The second-order valence-electron chi connectivity index (χ2n) is 3.52. The van der Waals surface area contributed by atoms with Gasteiger partial charge in [-0.1, -0.05) is 26.2 Å².